The van der Waals surface area contributed by atoms with Crippen LogP contribution in [0.5, 0.6) is 11.5 Å². The number of imide groups is 1. The molecule has 0 atom stereocenters. The maximum absolute atomic E-state index is 14.0. The Kier molecular flexibility index (Phi) is 6.74. The average Bonchev–Trinajstić information content (AvgIpc) is 3.07. The first-order valence-electron chi connectivity index (χ1n) is 9.99. The highest BCUT2D eigenvalue weighted by molar-refractivity contribution is 8.18. The van der Waals surface area contributed by atoms with Crippen molar-refractivity contribution < 1.29 is 27.8 Å². The van der Waals surface area contributed by atoms with Crippen molar-refractivity contribution in [1.82, 2.24) is 4.90 Å². The van der Waals surface area contributed by atoms with Crippen LogP contribution in [-0.2, 0) is 17.9 Å². The number of carbonyl (C=O) groups is 2. The molecule has 2 amide bonds. The maximum atomic E-state index is 14.0. The van der Waals surface area contributed by atoms with Gasteiger partial charge in [0.2, 0.25) is 0 Å². The molecule has 0 N–H and O–H groups in total. The van der Waals surface area contributed by atoms with E-state index in [9.17, 15) is 18.4 Å². The lowest BCUT2D eigenvalue weighted by atomic mass is 10.1. The van der Waals surface area contributed by atoms with E-state index in [0.717, 1.165) is 16.7 Å². The Morgan fingerprint density at radius 3 is 2.24 bits per heavy atom. The van der Waals surface area contributed by atoms with Crippen LogP contribution in [0.25, 0.3) is 6.08 Å². The van der Waals surface area contributed by atoms with Gasteiger partial charge in [0.1, 0.15) is 18.2 Å². The van der Waals surface area contributed by atoms with E-state index in [1.165, 1.54) is 25.3 Å². The number of hydrogen-bond donors (Lipinski definition) is 0. The molecule has 0 spiro atoms. The minimum Gasteiger partial charge on any atom is -0.493 e. The number of halogens is 2. The van der Waals surface area contributed by atoms with Crippen molar-refractivity contribution in [2.75, 3.05) is 7.11 Å². The Balaban J connectivity index is 1.54. The summed E-state index contributed by atoms with van der Waals surface area (Å²) in [5.41, 5.74) is 1.24. The number of hydrogen-bond acceptors (Lipinski definition) is 5. The molecular weight excluding hydrogens is 448 g/mol. The summed E-state index contributed by atoms with van der Waals surface area (Å²) < 4.78 is 38.9. The molecule has 168 valence electrons. The lowest BCUT2D eigenvalue weighted by Gasteiger charge is -2.13. The first kappa shape index (κ1) is 22.5. The summed E-state index contributed by atoms with van der Waals surface area (Å²) in [6.45, 7) is -0.153. The Hall–Kier alpha value is -3.65. The summed E-state index contributed by atoms with van der Waals surface area (Å²) in [4.78, 5) is 26.4. The zero-order valence-electron chi connectivity index (χ0n) is 17.6. The lowest BCUT2D eigenvalue weighted by molar-refractivity contribution is -0.123. The molecule has 0 aliphatic carbocycles. The Bertz CT molecular complexity index is 1240. The molecule has 3 aromatic rings. The van der Waals surface area contributed by atoms with Crippen molar-refractivity contribution in [3.8, 4) is 11.5 Å². The van der Waals surface area contributed by atoms with Gasteiger partial charge in [0, 0.05) is 11.1 Å². The van der Waals surface area contributed by atoms with Gasteiger partial charge in [-0.15, -0.1) is 0 Å². The average molecular weight is 467 g/mol. The van der Waals surface area contributed by atoms with E-state index >= 15 is 0 Å². The minimum atomic E-state index is -0.502. The minimum absolute atomic E-state index is 0.00829. The van der Waals surface area contributed by atoms with Gasteiger partial charge in [-0.25, -0.2) is 8.78 Å². The third-order valence-corrected chi connectivity index (χ3v) is 5.89. The second kappa shape index (κ2) is 9.87. The van der Waals surface area contributed by atoms with E-state index < -0.39 is 17.0 Å². The van der Waals surface area contributed by atoms with E-state index in [1.54, 1.807) is 54.6 Å². The van der Waals surface area contributed by atoms with Gasteiger partial charge in [0.15, 0.2) is 11.5 Å². The highest BCUT2D eigenvalue weighted by Gasteiger charge is 2.35. The summed E-state index contributed by atoms with van der Waals surface area (Å²) in [6, 6.07) is 17.3. The normalized spacial score (nSPS) is 14.8. The van der Waals surface area contributed by atoms with E-state index in [-0.39, 0.29) is 29.4 Å². The predicted molar refractivity (Wildman–Crippen MR) is 122 cm³/mol. The third-order valence-electron chi connectivity index (χ3n) is 4.99. The molecule has 1 aliphatic rings. The van der Waals surface area contributed by atoms with E-state index in [0.29, 0.717) is 22.6 Å². The van der Waals surface area contributed by atoms with Crippen LogP contribution in [-0.4, -0.2) is 23.2 Å². The van der Waals surface area contributed by atoms with Crippen LogP contribution in [0.15, 0.2) is 71.6 Å². The van der Waals surface area contributed by atoms with Gasteiger partial charge in [0.25, 0.3) is 11.1 Å². The number of amides is 2. The molecule has 3 aromatic carbocycles. The van der Waals surface area contributed by atoms with Crippen molar-refractivity contribution >= 4 is 29.0 Å². The van der Waals surface area contributed by atoms with Crippen molar-refractivity contribution in [2.24, 2.45) is 0 Å². The number of methoxy groups -OCH3 is 1. The molecule has 1 fully saturated rings. The molecule has 1 saturated heterocycles. The predicted octanol–water partition coefficient (Wildman–Crippen LogP) is 5.79. The summed E-state index contributed by atoms with van der Waals surface area (Å²) in [5.74, 6) is -0.558. The fourth-order valence-electron chi connectivity index (χ4n) is 3.25. The van der Waals surface area contributed by atoms with Crippen LogP contribution < -0.4 is 9.47 Å². The van der Waals surface area contributed by atoms with Gasteiger partial charge in [0.05, 0.1) is 18.6 Å². The highest BCUT2D eigenvalue weighted by atomic mass is 32.2. The van der Waals surface area contributed by atoms with Crippen molar-refractivity contribution in [2.45, 2.75) is 13.2 Å². The fourth-order valence-corrected chi connectivity index (χ4v) is 4.09. The molecule has 1 aliphatic heterocycles. The molecule has 5 nitrogen and oxygen atoms in total. The highest BCUT2D eigenvalue weighted by Crippen LogP contribution is 2.35. The van der Waals surface area contributed by atoms with Gasteiger partial charge < -0.3 is 9.47 Å². The summed E-state index contributed by atoms with van der Waals surface area (Å²) in [6.07, 6.45) is 1.56. The molecule has 0 bridgehead atoms. The number of carbonyl (C=O) groups excluding carboxylic acids is 2. The molecule has 0 aromatic heterocycles. The van der Waals surface area contributed by atoms with E-state index in [2.05, 4.69) is 0 Å². The second-order valence-corrected chi connectivity index (χ2v) is 8.14. The van der Waals surface area contributed by atoms with Crippen LogP contribution in [0.2, 0.25) is 0 Å². The van der Waals surface area contributed by atoms with Gasteiger partial charge in [-0.3, -0.25) is 14.5 Å². The monoisotopic (exact) mass is 467 g/mol. The number of thioether (sulfide) groups is 1. The topological polar surface area (TPSA) is 55.8 Å². The quantitative estimate of drug-likeness (QED) is 0.412. The van der Waals surface area contributed by atoms with Gasteiger partial charge in [-0.1, -0.05) is 42.5 Å². The van der Waals surface area contributed by atoms with Gasteiger partial charge in [-0.2, -0.15) is 0 Å². The van der Waals surface area contributed by atoms with E-state index in [1.807, 2.05) is 0 Å². The standard InChI is InChI=1S/C25H19F2NO4S/c1-31-21-11-10-16(12-22(21)32-15-18-7-3-5-9-20(18)27)13-23-24(29)28(25(30)33-23)14-17-6-2-4-8-19(17)26/h2-13H,14-15H2,1H3/b23-13-. The SMILES string of the molecule is COc1ccc(/C=C2\SC(=O)N(Cc3ccccc3F)C2=O)cc1OCc1ccccc1F. The van der Waals surface area contributed by atoms with Crippen molar-refractivity contribution in [3.63, 3.8) is 0 Å². The smallest absolute Gasteiger partial charge is 0.293 e. The Morgan fingerprint density at radius 1 is 0.909 bits per heavy atom. The molecule has 4 rings (SSSR count). The number of benzene rings is 3. The number of rotatable bonds is 7. The van der Waals surface area contributed by atoms with Crippen molar-refractivity contribution in [3.05, 3.63) is 100.0 Å². The molecule has 1 heterocycles. The maximum Gasteiger partial charge on any atom is 0.293 e. The Labute approximate surface area is 193 Å². The lowest BCUT2D eigenvalue weighted by Crippen LogP contribution is -2.27. The second-order valence-electron chi connectivity index (χ2n) is 7.15. The first-order valence-corrected chi connectivity index (χ1v) is 10.8. The molecule has 0 radical (unpaired) electrons. The van der Waals surface area contributed by atoms with Crippen LogP contribution in [0, 0.1) is 11.6 Å². The van der Waals surface area contributed by atoms with Crippen LogP contribution in [0.1, 0.15) is 16.7 Å². The largest absolute Gasteiger partial charge is 0.493 e. The first-order chi connectivity index (χ1) is 16.0. The number of nitrogens with zero attached hydrogens (tertiary/aromatic N) is 1. The zero-order chi connectivity index (χ0) is 23.4. The fraction of sp³-hybridized carbons (Fsp3) is 0.120. The van der Waals surface area contributed by atoms with Gasteiger partial charge >= 0.3 is 0 Å². The Morgan fingerprint density at radius 2 is 1.58 bits per heavy atom. The van der Waals surface area contributed by atoms with Crippen LogP contribution in [0.3, 0.4) is 0 Å². The zero-order valence-corrected chi connectivity index (χ0v) is 18.4. The summed E-state index contributed by atoms with van der Waals surface area (Å²) >= 11 is 0.784. The molecule has 0 unspecified atom stereocenters. The summed E-state index contributed by atoms with van der Waals surface area (Å²) in [5, 5.41) is -0.473. The molecule has 33 heavy (non-hydrogen) atoms. The van der Waals surface area contributed by atoms with Crippen LogP contribution >= 0.6 is 11.8 Å². The van der Waals surface area contributed by atoms with Crippen molar-refractivity contribution in [1.29, 1.82) is 0 Å². The molecule has 8 heteroatoms. The number of ether oxygens (including phenoxy) is 2. The third kappa shape index (κ3) is 5.06. The van der Waals surface area contributed by atoms with E-state index in [4.69, 9.17) is 9.47 Å². The van der Waals surface area contributed by atoms with Crippen LogP contribution in [0.4, 0.5) is 13.6 Å². The summed E-state index contributed by atoms with van der Waals surface area (Å²) in [7, 11) is 1.49. The van der Waals surface area contributed by atoms with Gasteiger partial charge in [-0.05, 0) is 47.7 Å². The molecule has 0 saturated carbocycles. The molecular formula is C25H19F2NO4S.